The van der Waals surface area contributed by atoms with Crippen molar-refractivity contribution in [1.29, 1.82) is 0 Å². The van der Waals surface area contributed by atoms with E-state index in [1.165, 1.54) is 0 Å². The topological polar surface area (TPSA) is 42.2 Å². The molecule has 76 valence electrons. The summed E-state index contributed by atoms with van der Waals surface area (Å²) in [6.07, 6.45) is 1.87. The number of fused-ring (bicyclic) bond motifs is 3. The van der Waals surface area contributed by atoms with Gasteiger partial charge >= 0.3 is 0 Å². The van der Waals surface area contributed by atoms with Crippen LogP contribution in [-0.2, 0) is 0 Å². The normalized spacial score (nSPS) is 11.3. The highest BCUT2D eigenvalue weighted by Gasteiger charge is 2.10. The van der Waals surface area contributed by atoms with E-state index in [0.29, 0.717) is 0 Å². The first kappa shape index (κ1) is 8.67. The number of nitrogens with one attached hydrogen (secondary N) is 1. The molecule has 0 atom stereocenters. The first-order valence-corrected chi connectivity index (χ1v) is 5.58. The molecule has 3 aromatic rings. The molecule has 0 spiro atoms. The standard InChI is InChI=1S/C10H10N4S/c1-6-5-12-9-8(11-2)13-7-3-4-15-10(7)14(6)9/h3-5H,1-2H3,(H,11,13). The van der Waals surface area contributed by atoms with E-state index in [4.69, 9.17) is 0 Å². The molecule has 3 aromatic heterocycles. The lowest BCUT2D eigenvalue weighted by Gasteiger charge is -2.04. The van der Waals surface area contributed by atoms with Crippen LogP contribution in [0.3, 0.4) is 0 Å². The Morgan fingerprint density at radius 1 is 1.47 bits per heavy atom. The smallest absolute Gasteiger partial charge is 0.181 e. The van der Waals surface area contributed by atoms with Crippen LogP contribution in [0.5, 0.6) is 0 Å². The Hall–Kier alpha value is -1.62. The van der Waals surface area contributed by atoms with Gasteiger partial charge in [0.2, 0.25) is 0 Å². The number of aryl methyl sites for hydroxylation is 1. The van der Waals surface area contributed by atoms with Gasteiger partial charge in [0, 0.05) is 18.9 Å². The summed E-state index contributed by atoms with van der Waals surface area (Å²) in [6, 6.07) is 2.03. The maximum atomic E-state index is 4.51. The molecule has 0 fully saturated rings. The third-order valence-corrected chi connectivity index (χ3v) is 3.33. The maximum absolute atomic E-state index is 4.51. The highest BCUT2D eigenvalue weighted by atomic mass is 32.1. The summed E-state index contributed by atoms with van der Waals surface area (Å²) in [5.74, 6) is 0.828. The molecule has 15 heavy (non-hydrogen) atoms. The lowest BCUT2D eigenvalue weighted by atomic mass is 10.4. The number of thiophene rings is 1. The second-order valence-corrected chi connectivity index (χ2v) is 4.27. The molecule has 0 saturated heterocycles. The van der Waals surface area contributed by atoms with E-state index >= 15 is 0 Å². The Kier molecular flexibility index (Phi) is 1.70. The van der Waals surface area contributed by atoms with E-state index in [2.05, 4.69) is 32.0 Å². The monoisotopic (exact) mass is 218 g/mol. The van der Waals surface area contributed by atoms with Crippen LogP contribution >= 0.6 is 11.3 Å². The van der Waals surface area contributed by atoms with Crippen LogP contribution in [0.2, 0.25) is 0 Å². The van der Waals surface area contributed by atoms with E-state index in [1.807, 2.05) is 19.3 Å². The van der Waals surface area contributed by atoms with Gasteiger partial charge < -0.3 is 5.32 Å². The van der Waals surface area contributed by atoms with E-state index in [-0.39, 0.29) is 0 Å². The van der Waals surface area contributed by atoms with Crippen LogP contribution in [0.25, 0.3) is 16.0 Å². The summed E-state index contributed by atoms with van der Waals surface area (Å²) in [5, 5.41) is 5.13. The zero-order chi connectivity index (χ0) is 10.4. The average Bonchev–Trinajstić information content (AvgIpc) is 2.83. The van der Waals surface area contributed by atoms with Crippen molar-refractivity contribution in [3.8, 4) is 0 Å². The van der Waals surface area contributed by atoms with Crippen molar-refractivity contribution in [2.24, 2.45) is 0 Å². The van der Waals surface area contributed by atoms with Gasteiger partial charge in [0.05, 0.1) is 0 Å². The number of hydrogen-bond donors (Lipinski definition) is 1. The third-order valence-electron chi connectivity index (χ3n) is 2.45. The molecule has 0 aliphatic carbocycles. The maximum Gasteiger partial charge on any atom is 0.181 e. The minimum atomic E-state index is 0.828. The SMILES string of the molecule is CNc1nc2ccsc2n2c(C)cnc12. The van der Waals surface area contributed by atoms with Crippen LogP contribution < -0.4 is 5.32 Å². The lowest BCUT2D eigenvalue weighted by Crippen LogP contribution is -1.98. The Bertz CT molecular complexity index is 637. The molecule has 0 aliphatic rings. The quantitative estimate of drug-likeness (QED) is 0.681. The van der Waals surface area contributed by atoms with E-state index in [1.54, 1.807) is 11.3 Å². The molecule has 4 nitrogen and oxygen atoms in total. The van der Waals surface area contributed by atoms with Gasteiger partial charge in [-0.3, -0.25) is 4.40 Å². The van der Waals surface area contributed by atoms with Crippen molar-refractivity contribution in [1.82, 2.24) is 14.4 Å². The number of hydrogen-bond acceptors (Lipinski definition) is 4. The second kappa shape index (κ2) is 2.93. The summed E-state index contributed by atoms with van der Waals surface area (Å²) in [5.41, 5.74) is 3.04. The van der Waals surface area contributed by atoms with Crippen LogP contribution in [0, 0.1) is 6.92 Å². The van der Waals surface area contributed by atoms with Crippen molar-refractivity contribution in [2.45, 2.75) is 6.92 Å². The number of rotatable bonds is 1. The molecule has 3 heterocycles. The van der Waals surface area contributed by atoms with E-state index in [9.17, 15) is 0 Å². The Balaban J connectivity index is 2.61. The zero-order valence-corrected chi connectivity index (χ0v) is 9.30. The predicted octanol–water partition coefficient (Wildman–Crippen LogP) is 2.29. The molecule has 5 heteroatoms. The average molecular weight is 218 g/mol. The van der Waals surface area contributed by atoms with Gasteiger partial charge in [-0.2, -0.15) is 0 Å². The zero-order valence-electron chi connectivity index (χ0n) is 8.48. The molecule has 0 radical (unpaired) electrons. The number of anilines is 1. The van der Waals surface area contributed by atoms with Gasteiger partial charge in [-0.1, -0.05) is 0 Å². The third kappa shape index (κ3) is 1.07. The molecule has 0 saturated carbocycles. The van der Waals surface area contributed by atoms with Gasteiger partial charge in [0.15, 0.2) is 11.5 Å². The minimum absolute atomic E-state index is 0.828. The molecule has 1 N–H and O–H groups in total. The minimum Gasteiger partial charge on any atom is -0.370 e. The van der Waals surface area contributed by atoms with E-state index in [0.717, 1.165) is 27.5 Å². The van der Waals surface area contributed by atoms with Crippen LogP contribution in [0.4, 0.5) is 5.82 Å². The Morgan fingerprint density at radius 3 is 3.13 bits per heavy atom. The number of imidazole rings is 1. The van der Waals surface area contributed by atoms with Crippen molar-refractivity contribution < 1.29 is 0 Å². The number of aromatic nitrogens is 3. The van der Waals surface area contributed by atoms with Crippen molar-refractivity contribution >= 4 is 33.1 Å². The van der Waals surface area contributed by atoms with Crippen molar-refractivity contribution in [2.75, 3.05) is 12.4 Å². The highest BCUT2D eigenvalue weighted by molar-refractivity contribution is 7.16. The van der Waals surface area contributed by atoms with Crippen molar-refractivity contribution in [3.05, 3.63) is 23.3 Å². The predicted molar refractivity (Wildman–Crippen MR) is 62.7 cm³/mol. The molecule has 0 amide bonds. The summed E-state index contributed by atoms with van der Waals surface area (Å²) in [7, 11) is 1.87. The summed E-state index contributed by atoms with van der Waals surface area (Å²) >= 11 is 1.69. The molecule has 3 rings (SSSR count). The van der Waals surface area contributed by atoms with Gasteiger partial charge in [-0.25, -0.2) is 9.97 Å². The van der Waals surface area contributed by atoms with Gasteiger partial charge in [0.25, 0.3) is 0 Å². The Labute approximate surface area is 90.6 Å². The van der Waals surface area contributed by atoms with Crippen LogP contribution in [-0.4, -0.2) is 21.4 Å². The fraction of sp³-hybridized carbons (Fsp3) is 0.200. The highest BCUT2D eigenvalue weighted by Crippen LogP contribution is 2.25. The molecule has 0 aliphatic heterocycles. The summed E-state index contributed by atoms with van der Waals surface area (Å²) in [4.78, 5) is 10.0. The number of nitrogens with zero attached hydrogens (tertiary/aromatic N) is 3. The second-order valence-electron chi connectivity index (χ2n) is 3.38. The first-order valence-electron chi connectivity index (χ1n) is 4.70. The lowest BCUT2D eigenvalue weighted by molar-refractivity contribution is 1.15. The molecule has 0 aromatic carbocycles. The summed E-state index contributed by atoms with van der Waals surface area (Å²) < 4.78 is 2.14. The van der Waals surface area contributed by atoms with Crippen LogP contribution in [0.1, 0.15) is 5.69 Å². The van der Waals surface area contributed by atoms with E-state index < -0.39 is 0 Å². The van der Waals surface area contributed by atoms with Gasteiger partial charge in [-0.15, -0.1) is 11.3 Å². The summed E-state index contributed by atoms with van der Waals surface area (Å²) in [6.45, 7) is 2.05. The molecule has 0 unspecified atom stereocenters. The van der Waals surface area contributed by atoms with Gasteiger partial charge in [-0.05, 0) is 18.4 Å². The largest absolute Gasteiger partial charge is 0.370 e. The van der Waals surface area contributed by atoms with Crippen molar-refractivity contribution in [3.63, 3.8) is 0 Å². The van der Waals surface area contributed by atoms with Gasteiger partial charge in [0.1, 0.15) is 10.3 Å². The Morgan fingerprint density at radius 2 is 2.33 bits per heavy atom. The fourth-order valence-electron chi connectivity index (χ4n) is 1.75. The fourth-order valence-corrected chi connectivity index (χ4v) is 2.64. The molecular formula is C10H10N4S. The van der Waals surface area contributed by atoms with Crippen LogP contribution in [0.15, 0.2) is 17.6 Å². The molecular weight excluding hydrogens is 208 g/mol. The first-order chi connectivity index (χ1) is 7.31. The molecule has 0 bridgehead atoms.